The summed E-state index contributed by atoms with van der Waals surface area (Å²) in [7, 11) is 0. The normalized spacial score (nSPS) is 20.6. The van der Waals surface area contributed by atoms with Gasteiger partial charge in [-0.2, -0.15) is 5.10 Å². The maximum absolute atomic E-state index is 12.7. The van der Waals surface area contributed by atoms with Gasteiger partial charge in [0.05, 0.1) is 17.4 Å². The number of para-hydroxylation sites is 2. The molecule has 132 valence electrons. The molecular weight excluding hydrogens is 314 g/mol. The number of carbonyl (C=O) groups excluding carboxylic acids is 1. The topological polar surface area (TPSA) is 62.2 Å². The van der Waals surface area contributed by atoms with Crippen LogP contribution < -0.4 is 15.5 Å². The fourth-order valence-electron chi connectivity index (χ4n) is 3.72. The maximum atomic E-state index is 12.7. The highest BCUT2D eigenvalue weighted by Crippen LogP contribution is 2.29. The highest BCUT2D eigenvalue weighted by Gasteiger charge is 2.20. The lowest BCUT2D eigenvalue weighted by Gasteiger charge is -2.23. The van der Waals surface area contributed by atoms with Crippen LogP contribution in [-0.4, -0.2) is 41.9 Å². The molecular formula is C19H25N5O. The number of piperidine rings is 1. The lowest BCUT2D eigenvalue weighted by Crippen LogP contribution is -2.32. The van der Waals surface area contributed by atoms with Crippen molar-refractivity contribution in [3.05, 3.63) is 42.2 Å². The quantitative estimate of drug-likeness (QED) is 0.899. The third kappa shape index (κ3) is 3.54. The van der Waals surface area contributed by atoms with Crippen LogP contribution in [0.5, 0.6) is 0 Å². The second-order valence-electron chi connectivity index (χ2n) is 6.85. The molecule has 6 heteroatoms. The fourth-order valence-corrected chi connectivity index (χ4v) is 3.72. The van der Waals surface area contributed by atoms with E-state index in [1.165, 1.54) is 12.8 Å². The Labute approximate surface area is 148 Å². The Morgan fingerprint density at radius 2 is 2.00 bits per heavy atom. The zero-order valence-corrected chi connectivity index (χ0v) is 14.4. The molecule has 1 amide bonds. The van der Waals surface area contributed by atoms with Crippen LogP contribution in [0.15, 0.2) is 36.5 Å². The molecule has 0 saturated carbocycles. The molecule has 1 unspecified atom stereocenters. The summed E-state index contributed by atoms with van der Waals surface area (Å²) in [6.45, 7) is 4.09. The SMILES string of the molecule is O=C(Nc1ccccc1N1CCCC1)c1ccn(C2CCCNC2)n1. The van der Waals surface area contributed by atoms with Crippen molar-refractivity contribution in [1.82, 2.24) is 15.1 Å². The van der Waals surface area contributed by atoms with Gasteiger partial charge in [-0.1, -0.05) is 12.1 Å². The Balaban J connectivity index is 1.48. The van der Waals surface area contributed by atoms with Crippen molar-refractivity contribution < 1.29 is 4.79 Å². The van der Waals surface area contributed by atoms with Gasteiger partial charge in [-0.3, -0.25) is 9.48 Å². The molecule has 4 rings (SSSR count). The monoisotopic (exact) mass is 339 g/mol. The van der Waals surface area contributed by atoms with E-state index in [1.807, 2.05) is 35.1 Å². The van der Waals surface area contributed by atoms with Gasteiger partial charge in [0.25, 0.3) is 5.91 Å². The van der Waals surface area contributed by atoms with Crippen molar-refractivity contribution >= 4 is 17.3 Å². The van der Waals surface area contributed by atoms with E-state index in [4.69, 9.17) is 0 Å². The molecule has 3 heterocycles. The first-order valence-corrected chi connectivity index (χ1v) is 9.22. The van der Waals surface area contributed by atoms with Crippen LogP contribution in [0.25, 0.3) is 0 Å². The smallest absolute Gasteiger partial charge is 0.276 e. The summed E-state index contributed by atoms with van der Waals surface area (Å²) < 4.78 is 1.92. The summed E-state index contributed by atoms with van der Waals surface area (Å²) in [5.74, 6) is -0.144. The van der Waals surface area contributed by atoms with Gasteiger partial charge in [-0.15, -0.1) is 0 Å². The van der Waals surface area contributed by atoms with E-state index in [0.717, 1.165) is 50.4 Å². The lowest BCUT2D eigenvalue weighted by atomic mass is 10.1. The van der Waals surface area contributed by atoms with Gasteiger partial charge in [-0.05, 0) is 50.4 Å². The second-order valence-corrected chi connectivity index (χ2v) is 6.85. The van der Waals surface area contributed by atoms with E-state index in [-0.39, 0.29) is 5.91 Å². The number of hydrogen-bond acceptors (Lipinski definition) is 4. The fraction of sp³-hybridized carbons (Fsp3) is 0.474. The molecule has 0 bridgehead atoms. The second kappa shape index (κ2) is 7.27. The van der Waals surface area contributed by atoms with E-state index in [1.54, 1.807) is 0 Å². The molecule has 0 spiro atoms. The summed E-state index contributed by atoms with van der Waals surface area (Å²) in [5.41, 5.74) is 2.44. The van der Waals surface area contributed by atoms with Crippen LogP contribution in [0, 0.1) is 0 Å². The highest BCUT2D eigenvalue weighted by molar-refractivity contribution is 6.04. The van der Waals surface area contributed by atoms with Crippen molar-refractivity contribution in [2.75, 3.05) is 36.4 Å². The van der Waals surface area contributed by atoms with Gasteiger partial charge >= 0.3 is 0 Å². The van der Waals surface area contributed by atoms with E-state index in [0.29, 0.717) is 11.7 Å². The molecule has 2 saturated heterocycles. The summed E-state index contributed by atoms with van der Waals surface area (Å²) in [4.78, 5) is 15.0. The number of benzene rings is 1. The molecule has 1 atom stereocenters. The van der Waals surface area contributed by atoms with E-state index in [2.05, 4.69) is 26.7 Å². The Morgan fingerprint density at radius 3 is 2.80 bits per heavy atom. The number of rotatable bonds is 4. The molecule has 2 aliphatic rings. The molecule has 1 aromatic carbocycles. The first-order chi connectivity index (χ1) is 12.3. The van der Waals surface area contributed by atoms with Crippen LogP contribution in [-0.2, 0) is 0 Å². The van der Waals surface area contributed by atoms with Crippen molar-refractivity contribution in [3.8, 4) is 0 Å². The average molecular weight is 339 g/mol. The zero-order chi connectivity index (χ0) is 17.1. The van der Waals surface area contributed by atoms with Crippen LogP contribution in [0.1, 0.15) is 42.2 Å². The van der Waals surface area contributed by atoms with Gasteiger partial charge < -0.3 is 15.5 Å². The maximum Gasteiger partial charge on any atom is 0.276 e. The number of nitrogens with zero attached hydrogens (tertiary/aromatic N) is 3. The Morgan fingerprint density at radius 1 is 1.16 bits per heavy atom. The summed E-state index contributed by atoms with van der Waals surface area (Å²) in [5, 5.41) is 10.9. The molecule has 2 N–H and O–H groups in total. The van der Waals surface area contributed by atoms with Crippen molar-refractivity contribution in [3.63, 3.8) is 0 Å². The van der Waals surface area contributed by atoms with Crippen molar-refractivity contribution in [2.24, 2.45) is 0 Å². The lowest BCUT2D eigenvalue weighted by molar-refractivity contribution is 0.102. The molecule has 6 nitrogen and oxygen atoms in total. The Hall–Kier alpha value is -2.34. The minimum absolute atomic E-state index is 0.144. The number of aromatic nitrogens is 2. The molecule has 0 aliphatic carbocycles. The van der Waals surface area contributed by atoms with Gasteiger partial charge in [0.2, 0.25) is 0 Å². The summed E-state index contributed by atoms with van der Waals surface area (Å²) in [6.07, 6.45) is 6.59. The summed E-state index contributed by atoms with van der Waals surface area (Å²) >= 11 is 0. The average Bonchev–Trinajstić information content (AvgIpc) is 3.35. The van der Waals surface area contributed by atoms with Crippen molar-refractivity contribution in [2.45, 2.75) is 31.7 Å². The van der Waals surface area contributed by atoms with Crippen LogP contribution in [0.2, 0.25) is 0 Å². The van der Waals surface area contributed by atoms with Gasteiger partial charge in [-0.25, -0.2) is 0 Å². The molecule has 0 radical (unpaired) electrons. The third-order valence-corrected chi connectivity index (χ3v) is 5.08. The Bertz CT molecular complexity index is 729. The Kier molecular flexibility index (Phi) is 4.70. The molecule has 25 heavy (non-hydrogen) atoms. The van der Waals surface area contributed by atoms with E-state index >= 15 is 0 Å². The number of hydrogen-bond donors (Lipinski definition) is 2. The molecule has 2 fully saturated rings. The van der Waals surface area contributed by atoms with Crippen LogP contribution >= 0.6 is 0 Å². The zero-order valence-electron chi connectivity index (χ0n) is 14.4. The highest BCUT2D eigenvalue weighted by atomic mass is 16.2. The van der Waals surface area contributed by atoms with E-state index in [9.17, 15) is 4.79 Å². The van der Waals surface area contributed by atoms with Gasteiger partial charge in [0.15, 0.2) is 5.69 Å². The number of anilines is 2. The largest absolute Gasteiger partial charge is 0.370 e. The molecule has 2 aliphatic heterocycles. The molecule has 1 aromatic heterocycles. The van der Waals surface area contributed by atoms with Gasteiger partial charge in [0.1, 0.15) is 0 Å². The molecule has 2 aromatic rings. The standard InChI is InChI=1S/C19H25N5O/c25-19(17-9-13-24(22-17)15-6-5-10-20-14-15)21-16-7-1-2-8-18(16)23-11-3-4-12-23/h1-2,7-9,13,15,20H,3-6,10-12,14H2,(H,21,25). The number of nitrogens with one attached hydrogen (secondary N) is 2. The minimum atomic E-state index is -0.144. The number of amides is 1. The van der Waals surface area contributed by atoms with Crippen LogP contribution in [0.4, 0.5) is 11.4 Å². The first kappa shape index (κ1) is 16.1. The predicted octanol–water partition coefficient (Wildman–Crippen LogP) is 2.66. The first-order valence-electron chi connectivity index (χ1n) is 9.22. The van der Waals surface area contributed by atoms with Gasteiger partial charge in [0, 0.05) is 25.8 Å². The van der Waals surface area contributed by atoms with Crippen molar-refractivity contribution in [1.29, 1.82) is 0 Å². The minimum Gasteiger partial charge on any atom is -0.370 e. The third-order valence-electron chi connectivity index (χ3n) is 5.08. The number of carbonyl (C=O) groups is 1. The summed E-state index contributed by atoms with van der Waals surface area (Å²) in [6, 6.07) is 10.2. The van der Waals surface area contributed by atoms with E-state index < -0.39 is 0 Å². The predicted molar refractivity (Wildman–Crippen MR) is 99.2 cm³/mol. The van der Waals surface area contributed by atoms with Crippen LogP contribution in [0.3, 0.4) is 0 Å².